The van der Waals surface area contributed by atoms with Crippen molar-refractivity contribution >= 4 is 15.7 Å². The predicted octanol–water partition coefficient (Wildman–Crippen LogP) is 1.34. The Kier molecular flexibility index (Phi) is 3.59. The Hall–Kier alpha value is -1.92. The molecule has 0 aliphatic rings. The molecule has 1 aromatic heterocycles. The molecule has 0 bridgehead atoms. The molecule has 1 heterocycles. The van der Waals surface area contributed by atoms with E-state index < -0.39 is 10.0 Å². The zero-order chi connectivity index (χ0) is 13.0. The van der Waals surface area contributed by atoms with Crippen molar-refractivity contribution in [1.82, 2.24) is 4.98 Å². The largest absolute Gasteiger partial charge is 0.378 e. The summed E-state index contributed by atoms with van der Waals surface area (Å²) in [5.74, 6) is 0. The Morgan fingerprint density at radius 3 is 2.50 bits per heavy atom. The van der Waals surface area contributed by atoms with Crippen LogP contribution in [0.5, 0.6) is 0 Å². The Morgan fingerprint density at radius 2 is 1.83 bits per heavy atom. The summed E-state index contributed by atoms with van der Waals surface area (Å²) in [4.78, 5) is 4.23. The molecule has 5 nitrogen and oxygen atoms in total. The van der Waals surface area contributed by atoms with Gasteiger partial charge < -0.3 is 5.32 Å². The number of nitrogens with two attached hydrogens (primary N) is 1. The molecule has 0 spiro atoms. The van der Waals surface area contributed by atoms with Crippen LogP contribution in [0, 0.1) is 0 Å². The fourth-order valence-electron chi connectivity index (χ4n) is 1.55. The number of hydrogen-bond donors (Lipinski definition) is 2. The van der Waals surface area contributed by atoms with Gasteiger partial charge >= 0.3 is 0 Å². The van der Waals surface area contributed by atoms with E-state index in [4.69, 9.17) is 5.14 Å². The molecule has 6 heteroatoms. The average molecular weight is 263 g/mol. The van der Waals surface area contributed by atoms with Gasteiger partial charge in [0.05, 0.1) is 17.9 Å². The molecule has 2 rings (SSSR count). The summed E-state index contributed by atoms with van der Waals surface area (Å²) in [5, 5.41) is 8.16. The number of nitrogens with one attached hydrogen (secondary N) is 1. The monoisotopic (exact) mass is 263 g/mol. The van der Waals surface area contributed by atoms with E-state index >= 15 is 0 Å². The van der Waals surface area contributed by atoms with Crippen molar-refractivity contribution in [3.8, 4) is 0 Å². The molecule has 0 aliphatic heterocycles. The molecule has 0 aliphatic carbocycles. The lowest BCUT2D eigenvalue weighted by Crippen LogP contribution is -2.15. The van der Waals surface area contributed by atoms with Crippen LogP contribution in [0.25, 0.3) is 0 Å². The van der Waals surface area contributed by atoms with Crippen LogP contribution in [0.4, 0.5) is 5.69 Å². The maximum absolute atomic E-state index is 11.4. The molecule has 94 valence electrons. The maximum Gasteiger partial charge on any atom is 0.240 e. The van der Waals surface area contributed by atoms with E-state index in [0.29, 0.717) is 12.2 Å². The Balaban J connectivity index is 2.20. The number of para-hydroxylation sites is 1. The van der Waals surface area contributed by atoms with E-state index in [1.807, 2.05) is 18.2 Å². The van der Waals surface area contributed by atoms with Gasteiger partial charge in [-0.3, -0.25) is 4.98 Å². The number of hydrogen-bond acceptors (Lipinski definition) is 4. The summed E-state index contributed by atoms with van der Waals surface area (Å²) in [6.45, 7) is 0.438. The minimum atomic E-state index is -3.72. The van der Waals surface area contributed by atoms with Crippen molar-refractivity contribution in [3.05, 3.63) is 54.4 Å². The summed E-state index contributed by atoms with van der Waals surface area (Å²) in [6, 6.07) is 12.1. The van der Waals surface area contributed by atoms with Crippen LogP contribution in [0.15, 0.2) is 53.6 Å². The second kappa shape index (κ2) is 5.16. The van der Waals surface area contributed by atoms with Gasteiger partial charge in [0.15, 0.2) is 0 Å². The van der Waals surface area contributed by atoms with Crippen molar-refractivity contribution in [2.24, 2.45) is 5.14 Å². The standard InChI is InChI=1S/C12H13N3O2S/c13-18(16,17)12-7-2-1-6-11(12)15-9-10-5-3-4-8-14-10/h1-8,15H,9H2,(H2,13,16,17). The number of sulfonamides is 1. The molecule has 0 amide bonds. The van der Waals surface area contributed by atoms with Crippen molar-refractivity contribution in [2.75, 3.05) is 5.32 Å². The van der Waals surface area contributed by atoms with Crippen LogP contribution < -0.4 is 10.5 Å². The van der Waals surface area contributed by atoms with Gasteiger partial charge in [0.2, 0.25) is 10.0 Å². The predicted molar refractivity (Wildman–Crippen MR) is 69.4 cm³/mol. The molecule has 0 fully saturated rings. The zero-order valence-electron chi connectivity index (χ0n) is 9.58. The fourth-order valence-corrected chi connectivity index (χ4v) is 2.26. The van der Waals surface area contributed by atoms with E-state index in [9.17, 15) is 8.42 Å². The molecule has 2 aromatic rings. The van der Waals surface area contributed by atoms with E-state index in [2.05, 4.69) is 10.3 Å². The number of aromatic nitrogens is 1. The van der Waals surface area contributed by atoms with Gasteiger partial charge in [0.1, 0.15) is 4.90 Å². The maximum atomic E-state index is 11.4. The second-order valence-electron chi connectivity index (χ2n) is 3.72. The molecule has 3 N–H and O–H groups in total. The third kappa shape index (κ3) is 3.06. The van der Waals surface area contributed by atoms with E-state index in [1.165, 1.54) is 6.07 Å². The zero-order valence-corrected chi connectivity index (χ0v) is 10.4. The highest BCUT2D eigenvalue weighted by molar-refractivity contribution is 7.89. The molecule has 1 aromatic carbocycles. The fraction of sp³-hybridized carbons (Fsp3) is 0.0833. The minimum Gasteiger partial charge on any atom is -0.378 e. The topological polar surface area (TPSA) is 85.1 Å². The van der Waals surface area contributed by atoms with E-state index in [0.717, 1.165) is 5.69 Å². The van der Waals surface area contributed by atoms with Crippen LogP contribution in [-0.4, -0.2) is 13.4 Å². The Morgan fingerprint density at radius 1 is 1.11 bits per heavy atom. The molecule has 0 atom stereocenters. The molecule has 0 saturated heterocycles. The second-order valence-corrected chi connectivity index (χ2v) is 5.25. The van der Waals surface area contributed by atoms with Gasteiger partial charge in [-0.2, -0.15) is 0 Å². The third-order valence-electron chi connectivity index (χ3n) is 2.38. The quantitative estimate of drug-likeness (QED) is 0.871. The van der Waals surface area contributed by atoms with Gasteiger partial charge in [0, 0.05) is 6.20 Å². The minimum absolute atomic E-state index is 0.0842. The normalized spacial score (nSPS) is 11.2. The smallest absolute Gasteiger partial charge is 0.240 e. The first kappa shape index (κ1) is 12.5. The summed E-state index contributed by atoms with van der Waals surface area (Å²) in [7, 11) is -3.72. The average Bonchev–Trinajstić information content (AvgIpc) is 2.37. The van der Waals surface area contributed by atoms with Gasteiger partial charge in [0.25, 0.3) is 0 Å². The lowest BCUT2D eigenvalue weighted by atomic mass is 10.3. The Labute approximate surface area is 106 Å². The van der Waals surface area contributed by atoms with E-state index in [-0.39, 0.29) is 4.90 Å². The first-order valence-corrected chi connectivity index (χ1v) is 6.87. The van der Waals surface area contributed by atoms with Gasteiger partial charge in [-0.25, -0.2) is 13.6 Å². The van der Waals surface area contributed by atoms with E-state index in [1.54, 1.807) is 24.4 Å². The molecule has 0 unspecified atom stereocenters. The van der Waals surface area contributed by atoms with Crippen molar-refractivity contribution in [1.29, 1.82) is 0 Å². The van der Waals surface area contributed by atoms with Crippen LogP contribution in [0.2, 0.25) is 0 Å². The molecule has 18 heavy (non-hydrogen) atoms. The van der Waals surface area contributed by atoms with Crippen molar-refractivity contribution in [2.45, 2.75) is 11.4 Å². The molecular formula is C12H13N3O2S. The highest BCUT2D eigenvalue weighted by Crippen LogP contribution is 2.19. The number of anilines is 1. The van der Waals surface area contributed by atoms with Crippen molar-refractivity contribution in [3.63, 3.8) is 0 Å². The number of nitrogens with zero attached hydrogens (tertiary/aromatic N) is 1. The summed E-state index contributed by atoms with van der Waals surface area (Å²) >= 11 is 0. The lowest BCUT2D eigenvalue weighted by Gasteiger charge is -2.09. The molecule has 0 saturated carbocycles. The molecule has 0 radical (unpaired) electrons. The summed E-state index contributed by atoms with van der Waals surface area (Å²) < 4.78 is 22.8. The van der Waals surface area contributed by atoms with Crippen LogP contribution in [0.1, 0.15) is 5.69 Å². The number of rotatable bonds is 4. The Bertz CT molecular complexity index is 627. The first-order chi connectivity index (χ1) is 8.57. The van der Waals surface area contributed by atoms with Crippen LogP contribution in [0.3, 0.4) is 0 Å². The van der Waals surface area contributed by atoms with Crippen molar-refractivity contribution < 1.29 is 8.42 Å². The highest BCUT2D eigenvalue weighted by atomic mass is 32.2. The van der Waals surface area contributed by atoms with Gasteiger partial charge in [-0.15, -0.1) is 0 Å². The van der Waals surface area contributed by atoms with Gasteiger partial charge in [-0.05, 0) is 24.3 Å². The van der Waals surface area contributed by atoms with Crippen LogP contribution in [-0.2, 0) is 16.6 Å². The lowest BCUT2D eigenvalue weighted by molar-refractivity contribution is 0.598. The first-order valence-electron chi connectivity index (χ1n) is 5.33. The SMILES string of the molecule is NS(=O)(=O)c1ccccc1NCc1ccccn1. The molecular weight excluding hydrogens is 250 g/mol. The third-order valence-corrected chi connectivity index (χ3v) is 3.35. The van der Waals surface area contributed by atoms with Crippen LogP contribution >= 0.6 is 0 Å². The number of benzene rings is 1. The number of primary sulfonamides is 1. The highest BCUT2D eigenvalue weighted by Gasteiger charge is 2.12. The number of pyridine rings is 1. The summed E-state index contributed by atoms with van der Waals surface area (Å²) in [6.07, 6.45) is 1.68. The summed E-state index contributed by atoms with van der Waals surface area (Å²) in [5.41, 5.74) is 1.30. The van der Waals surface area contributed by atoms with Gasteiger partial charge in [-0.1, -0.05) is 18.2 Å².